The minimum atomic E-state index is -0.813. The average Bonchev–Trinajstić information content (AvgIpc) is 3.12. The highest BCUT2D eigenvalue weighted by Crippen LogP contribution is 2.14. The molecule has 2 aromatic heterocycles. The average molecular weight is 292 g/mol. The van der Waals surface area contributed by atoms with Crippen LogP contribution in [0.1, 0.15) is 5.69 Å². The number of rotatable bonds is 2. The van der Waals surface area contributed by atoms with Crippen LogP contribution < -0.4 is 0 Å². The van der Waals surface area contributed by atoms with Gasteiger partial charge in [-0.25, -0.2) is 0 Å². The van der Waals surface area contributed by atoms with Crippen molar-refractivity contribution in [1.82, 2.24) is 9.97 Å². The maximum Gasteiger partial charge on any atom is 0.309 e. The molecule has 0 saturated heterocycles. The summed E-state index contributed by atoms with van der Waals surface area (Å²) in [4.78, 5) is 16.6. The summed E-state index contributed by atoms with van der Waals surface area (Å²) < 4.78 is 0. The summed E-state index contributed by atoms with van der Waals surface area (Å²) in [6.45, 7) is 0. The van der Waals surface area contributed by atoms with Gasteiger partial charge in [0.2, 0.25) is 0 Å². The maximum absolute atomic E-state index is 10.4. The number of nitrogens with one attached hydrogen (secondary N) is 2. The quantitative estimate of drug-likeness (QED) is 0.523. The molecule has 22 heavy (non-hydrogen) atoms. The molecule has 3 N–H and O–H groups in total. The second-order valence-corrected chi connectivity index (χ2v) is 5.02. The van der Waals surface area contributed by atoms with E-state index >= 15 is 0 Å². The first-order chi connectivity index (χ1) is 10.7. The summed E-state index contributed by atoms with van der Waals surface area (Å²) >= 11 is 0. The van der Waals surface area contributed by atoms with Crippen molar-refractivity contribution in [2.75, 3.05) is 0 Å². The molecule has 0 radical (unpaired) electrons. The number of carbonyl (C=O) groups is 1. The molecule has 0 saturated carbocycles. The van der Waals surface area contributed by atoms with Gasteiger partial charge in [0, 0.05) is 22.9 Å². The van der Waals surface area contributed by atoms with Crippen molar-refractivity contribution in [3.05, 3.63) is 72.6 Å². The fourth-order valence-electron chi connectivity index (χ4n) is 2.39. The van der Waals surface area contributed by atoms with Gasteiger partial charge >= 0.3 is 5.97 Å². The lowest BCUT2D eigenvalue weighted by Crippen LogP contribution is -1.99. The largest absolute Gasteiger partial charge is 0.481 e. The summed E-state index contributed by atoms with van der Waals surface area (Å²) in [5.74, 6) is -0.813. The number of benzene rings is 2. The number of fused-ring (bicyclic) bond motifs is 2. The third-order valence-corrected chi connectivity index (χ3v) is 3.39. The molecule has 2 heterocycles. The highest BCUT2D eigenvalue weighted by Gasteiger charge is 2.03. The van der Waals surface area contributed by atoms with Crippen molar-refractivity contribution < 1.29 is 9.90 Å². The van der Waals surface area contributed by atoms with E-state index in [-0.39, 0.29) is 6.42 Å². The van der Waals surface area contributed by atoms with Crippen LogP contribution in [0.4, 0.5) is 0 Å². The topological polar surface area (TPSA) is 68.9 Å². The van der Waals surface area contributed by atoms with E-state index in [4.69, 9.17) is 5.11 Å². The van der Waals surface area contributed by atoms with Crippen LogP contribution in [0.15, 0.2) is 66.9 Å². The van der Waals surface area contributed by atoms with Crippen LogP contribution in [0.2, 0.25) is 0 Å². The third kappa shape index (κ3) is 3.17. The molecule has 0 spiro atoms. The van der Waals surface area contributed by atoms with Gasteiger partial charge in [0.25, 0.3) is 0 Å². The van der Waals surface area contributed by atoms with E-state index in [0.29, 0.717) is 0 Å². The standard InChI is InChI=1S/C10H9NO2.C8H7N/c12-10(13)6-8-5-7-3-1-2-4-9(7)11-8;1-2-4-8-7(3-1)5-6-9-8/h1-5,11H,6H2,(H,12,13);1-6,9H. The monoisotopic (exact) mass is 292 g/mol. The zero-order chi connectivity index (χ0) is 15.4. The predicted molar refractivity (Wildman–Crippen MR) is 87.9 cm³/mol. The molecule has 0 atom stereocenters. The third-order valence-electron chi connectivity index (χ3n) is 3.39. The Hall–Kier alpha value is -3.01. The lowest BCUT2D eigenvalue weighted by molar-refractivity contribution is -0.136. The molecule has 4 heteroatoms. The van der Waals surface area contributed by atoms with Crippen molar-refractivity contribution in [3.63, 3.8) is 0 Å². The van der Waals surface area contributed by atoms with Gasteiger partial charge in [0.15, 0.2) is 0 Å². The van der Waals surface area contributed by atoms with Crippen molar-refractivity contribution in [2.24, 2.45) is 0 Å². The van der Waals surface area contributed by atoms with Crippen LogP contribution in [0.3, 0.4) is 0 Å². The van der Waals surface area contributed by atoms with Gasteiger partial charge in [-0.15, -0.1) is 0 Å². The lowest BCUT2D eigenvalue weighted by atomic mass is 10.2. The van der Waals surface area contributed by atoms with Crippen LogP contribution in [0.5, 0.6) is 0 Å². The number of hydrogen-bond acceptors (Lipinski definition) is 1. The van der Waals surface area contributed by atoms with Crippen molar-refractivity contribution in [2.45, 2.75) is 6.42 Å². The SMILES string of the molecule is O=C(O)Cc1cc2ccccc2[nH]1.c1ccc2[nH]ccc2c1. The summed E-state index contributed by atoms with van der Waals surface area (Å²) in [7, 11) is 0. The van der Waals surface area contributed by atoms with E-state index in [9.17, 15) is 4.79 Å². The van der Waals surface area contributed by atoms with Crippen molar-refractivity contribution in [3.8, 4) is 0 Å². The van der Waals surface area contributed by atoms with Gasteiger partial charge in [-0.3, -0.25) is 4.79 Å². The van der Waals surface area contributed by atoms with Crippen molar-refractivity contribution >= 4 is 27.8 Å². The molecule has 0 unspecified atom stereocenters. The van der Waals surface area contributed by atoms with Gasteiger partial charge in [0.05, 0.1) is 6.42 Å². The number of carboxylic acid groups (broad SMARTS) is 1. The van der Waals surface area contributed by atoms with Gasteiger partial charge in [-0.2, -0.15) is 0 Å². The molecule has 4 rings (SSSR count). The molecular formula is C18H16N2O2. The summed E-state index contributed by atoms with van der Waals surface area (Å²) in [5.41, 5.74) is 2.94. The Labute approximate surface area is 127 Å². The summed E-state index contributed by atoms with van der Waals surface area (Å²) in [6.07, 6.45) is 2.00. The van der Waals surface area contributed by atoms with Crippen LogP contribution in [0, 0.1) is 0 Å². The first kappa shape index (κ1) is 13.9. The molecule has 4 aromatic rings. The molecule has 0 amide bonds. The molecule has 110 valence electrons. The fourth-order valence-corrected chi connectivity index (χ4v) is 2.39. The molecule has 4 nitrogen and oxygen atoms in total. The first-order valence-electron chi connectivity index (χ1n) is 7.03. The molecule has 0 fully saturated rings. The van der Waals surface area contributed by atoms with E-state index in [1.807, 2.05) is 48.7 Å². The van der Waals surface area contributed by atoms with E-state index in [2.05, 4.69) is 28.2 Å². The Balaban J connectivity index is 0.000000139. The maximum atomic E-state index is 10.4. The van der Waals surface area contributed by atoms with Crippen LogP contribution >= 0.6 is 0 Å². The molecule has 0 aliphatic heterocycles. The van der Waals surface area contributed by atoms with Gasteiger partial charge in [-0.05, 0) is 35.0 Å². The zero-order valence-corrected chi connectivity index (χ0v) is 11.9. The van der Waals surface area contributed by atoms with E-state index in [0.717, 1.165) is 16.6 Å². The Morgan fingerprint density at radius 2 is 1.59 bits per heavy atom. The number of aliphatic carboxylic acids is 1. The zero-order valence-electron chi connectivity index (χ0n) is 11.9. The number of carboxylic acids is 1. The molecule has 2 aromatic carbocycles. The van der Waals surface area contributed by atoms with Crippen molar-refractivity contribution in [1.29, 1.82) is 0 Å². The number of aromatic nitrogens is 2. The smallest absolute Gasteiger partial charge is 0.309 e. The first-order valence-corrected chi connectivity index (χ1v) is 7.03. The van der Waals surface area contributed by atoms with E-state index < -0.39 is 5.97 Å². The minimum Gasteiger partial charge on any atom is -0.481 e. The number of aromatic amines is 2. The van der Waals surface area contributed by atoms with Gasteiger partial charge < -0.3 is 15.1 Å². The Bertz CT molecular complexity index is 842. The second kappa shape index (κ2) is 6.18. The number of H-pyrrole nitrogens is 2. The molecule has 0 aliphatic rings. The van der Waals surface area contributed by atoms with Crippen LogP contribution in [-0.2, 0) is 11.2 Å². The predicted octanol–water partition coefficient (Wildman–Crippen LogP) is 3.96. The Morgan fingerprint density at radius 1 is 0.909 bits per heavy atom. The highest BCUT2D eigenvalue weighted by atomic mass is 16.4. The molecule has 0 aliphatic carbocycles. The highest BCUT2D eigenvalue weighted by molar-refractivity contribution is 5.82. The van der Waals surface area contributed by atoms with Crippen LogP contribution in [0.25, 0.3) is 21.8 Å². The summed E-state index contributed by atoms with van der Waals surface area (Å²) in [6, 6.07) is 19.9. The van der Waals surface area contributed by atoms with E-state index in [1.54, 1.807) is 0 Å². The van der Waals surface area contributed by atoms with Crippen LogP contribution in [-0.4, -0.2) is 21.0 Å². The second-order valence-electron chi connectivity index (χ2n) is 5.02. The molecule has 0 bridgehead atoms. The Kier molecular flexibility index (Phi) is 3.92. The number of para-hydroxylation sites is 2. The minimum absolute atomic E-state index is 0.0503. The number of hydrogen-bond donors (Lipinski definition) is 3. The van der Waals surface area contributed by atoms with E-state index in [1.165, 1.54) is 10.9 Å². The summed E-state index contributed by atoms with van der Waals surface area (Å²) in [5, 5.41) is 10.9. The normalized spacial score (nSPS) is 10.4. The fraction of sp³-hybridized carbons (Fsp3) is 0.0556. The lowest BCUT2D eigenvalue weighted by Gasteiger charge is -1.88. The molecular weight excluding hydrogens is 276 g/mol. The van der Waals surface area contributed by atoms with Gasteiger partial charge in [-0.1, -0.05) is 36.4 Å². The Morgan fingerprint density at radius 3 is 2.27 bits per heavy atom. The van der Waals surface area contributed by atoms with Gasteiger partial charge in [0.1, 0.15) is 0 Å².